The Morgan fingerprint density at radius 2 is 1.86 bits per heavy atom. The molecular weight excluding hydrogens is 608 g/mol. The largest absolute Gasteiger partial charge is 0.510 e. The first-order chi connectivity index (χ1) is 20.4. The Bertz CT molecular complexity index is 1630. The summed E-state index contributed by atoms with van der Waals surface area (Å²) in [7, 11) is -0.959. The van der Waals surface area contributed by atoms with Gasteiger partial charge >= 0.3 is 16.1 Å². The molecule has 0 saturated carbocycles. The number of nitrogens with zero attached hydrogens (tertiary/aromatic N) is 3. The lowest BCUT2D eigenvalue weighted by Gasteiger charge is -2.50. The van der Waals surface area contributed by atoms with Gasteiger partial charge in [0.25, 0.3) is 5.91 Å². The summed E-state index contributed by atoms with van der Waals surface area (Å²) in [6.45, 7) is 2.38. The number of Topliss-reactive ketones (excluding diaryl/α,β-unsaturated/α-hetero) is 2. The number of amides is 1. The second-order valence-corrected chi connectivity index (χ2v) is 12.2. The van der Waals surface area contributed by atoms with Crippen LogP contribution in [-0.2, 0) is 35.6 Å². The van der Waals surface area contributed by atoms with Crippen molar-refractivity contribution >= 4 is 39.2 Å². The number of carbonyl (C=O) groups excluding carboxylic acids is 3. The van der Waals surface area contributed by atoms with Crippen LogP contribution in [0.3, 0.4) is 0 Å². The number of benzene rings is 1. The van der Waals surface area contributed by atoms with Crippen LogP contribution < -0.4 is 10.6 Å². The molecule has 1 amide bonds. The first-order valence-corrected chi connectivity index (χ1v) is 14.8. The van der Waals surface area contributed by atoms with Crippen molar-refractivity contribution in [2.24, 2.45) is 17.6 Å². The number of unbranched alkanes of at least 4 members (excludes halogenated alkanes) is 1. The number of primary amides is 1. The van der Waals surface area contributed by atoms with E-state index in [0.717, 1.165) is 12.5 Å². The van der Waals surface area contributed by atoms with E-state index in [1.165, 1.54) is 19.0 Å². The molecule has 17 nitrogen and oxygen atoms in total. The first-order valence-electron chi connectivity index (χ1n) is 13.4. The molecule has 18 heteroatoms. The van der Waals surface area contributed by atoms with Gasteiger partial charge in [-0.25, -0.2) is 0 Å². The molecule has 1 aromatic rings. The normalized spacial score (nSPS) is 25.1. The second-order valence-electron chi connectivity index (χ2n) is 11.2. The number of hydrogen-bond acceptors (Lipinski definition) is 14. The van der Waals surface area contributed by atoms with Crippen LogP contribution in [0.25, 0.3) is 0 Å². The Kier molecular flexibility index (Phi) is 8.53. The van der Waals surface area contributed by atoms with Gasteiger partial charge in [-0.1, -0.05) is 17.7 Å². The predicted molar refractivity (Wildman–Crippen MR) is 150 cm³/mol. The molecular formula is C26H32N4O13S. The number of phenolic OH excluding ortho intramolecular Hbond substituents is 1. The number of fused-ring (bicyclic) bond motifs is 3. The van der Waals surface area contributed by atoms with Crippen molar-refractivity contribution in [3.05, 3.63) is 50.0 Å². The highest BCUT2D eigenvalue weighted by molar-refractivity contribution is 7.80. The Morgan fingerprint density at radius 3 is 2.39 bits per heavy atom. The smallest absolute Gasteiger partial charge is 0.424 e. The van der Waals surface area contributed by atoms with Gasteiger partial charge in [-0.15, -0.1) is 0 Å². The Labute approximate surface area is 251 Å². The van der Waals surface area contributed by atoms with E-state index < -0.39 is 95.9 Å². The average molecular weight is 641 g/mol. The zero-order valence-corrected chi connectivity index (χ0v) is 25.0. The van der Waals surface area contributed by atoms with Crippen molar-refractivity contribution in [2.45, 2.75) is 44.2 Å². The Hall–Kier alpha value is -4.10. The topological polar surface area (TPSA) is 260 Å². The van der Waals surface area contributed by atoms with Gasteiger partial charge in [0, 0.05) is 36.8 Å². The number of aromatic hydroxyl groups is 1. The summed E-state index contributed by atoms with van der Waals surface area (Å²) in [5, 5.41) is 45.5. The van der Waals surface area contributed by atoms with Crippen LogP contribution in [0, 0.1) is 22.0 Å². The zero-order valence-electron chi connectivity index (χ0n) is 24.1. The van der Waals surface area contributed by atoms with E-state index >= 15 is 0 Å². The van der Waals surface area contributed by atoms with Crippen molar-refractivity contribution < 1.29 is 56.8 Å². The van der Waals surface area contributed by atoms with E-state index in [9.17, 15) is 52.8 Å². The van der Waals surface area contributed by atoms with Crippen molar-refractivity contribution in [1.29, 1.82) is 0 Å². The van der Waals surface area contributed by atoms with Gasteiger partial charge < -0.3 is 26.0 Å². The second kappa shape index (κ2) is 11.4. The van der Waals surface area contributed by atoms with Gasteiger partial charge in [-0.05, 0) is 44.8 Å². The number of ketones is 2. The number of allylic oxidation sites excluding steroid dienone is 1. The Balaban J connectivity index is 2.06. The molecule has 0 bridgehead atoms. The number of nitro groups is 1. The van der Waals surface area contributed by atoms with E-state index in [1.54, 1.807) is 11.9 Å². The van der Waals surface area contributed by atoms with Gasteiger partial charge in [0.1, 0.15) is 17.1 Å². The number of likely N-dealkylation sites (N-methyl/N-ethyl adjacent to an activating group) is 1. The molecule has 0 fully saturated rings. The van der Waals surface area contributed by atoms with Crippen LogP contribution in [0.15, 0.2) is 28.7 Å². The maximum Gasteiger partial charge on any atom is 0.424 e. The molecule has 1 aromatic carbocycles. The SMILES string of the molecule is CCCCN(C)c1cc([N+](=O)[O-])c(O)c2c1CC1CC3[C@H](N(C)C)C(O)=C(C(N)=O)C(=O)[C@@]3(OOS(=O)(=O)O)C(O)=C1C2=O. The summed E-state index contributed by atoms with van der Waals surface area (Å²) >= 11 is 0. The average Bonchev–Trinajstić information content (AvgIpc) is 2.90. The first kappa shape index (κ1) is 32.8. The van der Waals surface area contributed by atoms with Crippen LogP contribution in [-0.4, -0.2) is 94.9 Å². The fourth-order valence-corrected chi connectivity index (χ4v) is 6.69. The Morgan fingerprint density at radius 1 is 1.23 bits per heavy atom. The van der Waals surface area contributed by atoms with Crippen LogP contribution in [0.1, 0.15) is 42.1 Å². The quantitative estimate of drug-likeness (QED) is 0.0786. The molecule has 4 rings (SSSR count). The summed E-state index contributed by atoms with van der Waals surface area (Å²) in [5.41, 5.74) is -0.172. The zero-order chi connectivity index (χ0) is 33.0. The van der Waals surface area contributed by atoms with E-state index in [2.05, 4.69) is 4.33 Å². The number of anilines is 1. The lowest BCUT2D eigenvalue weighted by molar-refractivity contribution is -0.385. The number of carbonyl (C=O) groups is 3. The molecule has 44 heavy (non-hydrogen) atoms. The van der Waals surface area contributed by atoms with E-state index in [-0.39, 0.29) is 24.1 Å². The monoisotopic (exact) mass is 640 g/mol. The molecule has 6 N–H and O–H groups in total. The van der Waals surface area contributed by atoms with Gasteiger partial charge in [-0.2, -0.15) is 13.3 Å². The summed E-state index contributed by atoms with van der Waals surface area (Å²) in [6, 6.07) is -0.208. The van der Waals surface area contributed by atoms with Gasteiger partial charge in [0.05, 0.1) is 16.5 Å². The highest BCUT2D eigenvalue weighted by Gasteiger charge is 2.66. The molecule has 240 valence electrons. The number of rotatable bonds is 10. The van der Waals surface area contributed by atoms with Crippen LogP contribution in [0.4, 0.5) is 11.4 Å². The molecule has 0 saturated heterocycles. The molecule has 0 heterocycles. The molecule has 0 spiro atoms. The summed E-state index contributed by atoms with van der Waals surface area (Å²) in [5.74, 6) is -9.67. The molecule has 3 aliphatic carbocycles. The van der Waals surface area contributed by atoms with Crippen molar-refractivity contribution in [2.75, 3.05) is 32.6 Å². The third-order valence-corrected chi connectivity index (χ3v) is 8.59. The maximum absolute atomic E-state index is 14.1. The number of nitrogens with two attached hydrogens (primary N) is 1. The van der Waals surface area contributed by atoms with Crippen molar-refractivity contribution in [1.82, 2.24) is 4.90 Å². The van der Waals surface area contributed by atoms with Crippen molar-refractivity contribution in [3.63, 3.8) is 0 Å². The van der Waals surface area contributed by atoms with E-state index in [1.807, 2.05) is 6.92 Å². The van der Waals surface area contributed by atoms with Crippen LogP contribution >= 0.6 is 0 Å². The van der Waals surface area contributed by atoms with Gasteiger partial charge in [0.2, 0.25) is 17.1 Å². The maximum atomic E-state index is 14.1. The fourth-order valence-electron chi connectivity index (χ4n) is 6.50. The highest BCUT2D eigenvalue weighted by Crippen LogP contribution is 2.55. The molecule has 3 aliphatic rings. The van der Waals surface area contributed by atoms with E-state index in [4.69, 9.17) is 10.6 Å². The fraction of sp³-hybridized carbons (Fsp3) is 0.500. The lowest BCUT2D eigenvalue weighted by atomic mass is 9.58. The lowest BCUT2D eigenvalue weighted by Crippen LogP contribution is -2.65. The third kappa shape index (κ3) is 5.07. The molecule has 4 atom stereocenters. The number of hydrogen-bond donors (Lipinski definition) is 5. The standard InChI is InChI=1S/C26H32N4O13S/c1-5-6-7-29(4)14-10-15(30(37)38)20(31)17-12(14)8-11-9-13-19(28(2)3)22(33)18(25(27)36)24(35)26(13,42-43-44(39,40)41)23(34)16(11)21(17)32/h10-11,13,19,31,33-34H,5-9H2,1-4H3,(H2,27,36)(H,39,40,41)/t11?,13?,19-,26-/m0/s1. The van der Waals surface area contributed by atoms with Gasteiger partial charge in [-0.3, -0.25) is 34.0 Å². The molecule has 0 aromatic heterocycles. The minimum absolute atomic E-state index is 0.106. The van der Waals surface area contributed by atoms with E-state index in [0.29, 0.717) is 13.0 Å². The molecule has 0 aliphatic heterocycles. The third-order valence-electron chi connectivity index (χ3n) is 8.35. The predicted octanol–water partition coefficient (Wildman–Crippen LogP) is 1.02. The van der Waals surface area contributed by atoms with Crippen molar-refractivity contribution in [3.8, 4) is 5.75 Å². The number of aliphatic hydroxyl groups is 2. The molecule has 0 radical (unpaired) electrons. The summed E-state index contributed by atoms with van der Waals surface area (Å²) < 4.78 is 36.5. The minimum Gasteiger partial charge on any atom is -0.510 e. The van der Waals surface area contributed by atoms with Gasteiger partial charge in [0.15, 0.2) is 5.78 Å². The number of nitro benzene ring substituents is 1. The summed E-state index contributed by atoms with van der Waals surface area (Å²) in [4.78, 5) is 59.2. The van der Waals surface area contributed by atoms with Crippen LogP contribution in [0.5, 0.6) is 5.75 Å². The minimum atomic E-state index is -5.47. The van der Waals surface area contributed by atoms with Crippen LogP contribution in [0.2, 0.25) is 0 Å². The molecule has 2 unspecified atom stereocenters. The number of phenols is 1. The highest BCUT2D eigenvalue weighted by atomic mass is 32.3. The number of aliphatic hydroxyl groups excluding tert-OH is 2. The summed E-state index contributed by atoms with van der Waals surface area (Å²) in [6.07, 6.45) is 1.08.